The smallest absolute Gasteiger partial charge is 0.339 e. The number of urea groups is 1. The predicted octanol–water partition coefficient (Wildman–Crippen LogP) is 2.10. The Labute approximate surface area is 137 Å². The highest BCUT2D eigenvalue weighted by Crippen LogP contribution is 2.22. The van der Waals surface area contributed by atoms with Crippen LogP contribution in [-0.4, -0.2) is 56.2 Å². The Morgan fingerprint density at radius 2 is 1.87 bits per heavy atom. The molecule has 0 aliphatic carbocycles. The lowest BCUT2D eigenvalue weighted by molar-refractivity contribution is 0.0601. The van der Waals surface area contributed by atoms with Gasteiger partial charge in [0, 0.05) is 32.2 Å². The molecule has 0 aromatic heterocycles. The molecule has 1 heterocycles. The Kier molecular flexibility index (Phi) is 5.84. The van der Waals surface area contributed by atoms with Gasteiger partial charge in [-0.2, -0.15) is 0 Å². The number of carbonyl (C=O) groups is 2. The second-order valence-corrected chi connectivity index (χ2v) is 5.74. The fourth-order valence-corrected chi connectivity index (χ4v) is 2.59. The van der Waals surface area contributed by atoms with Crippen LogP contribution in [0.1, 0.15) is 30.6 Å². The second-order valence-electron chi connectivity index (χ2n) is 5.74. The lowest BCUT2D eigenvalue weighted by Crippen LogP contribution is -2.53. The summed E-state index contributed by atoms with van der Waals surface area (Å²) < 4.78 is 4.84. The molecule has 23 heavy (non-hydrogen) atoms. The summed E-state index contributed by atoms with van der Waals surface area (Å²) in [5.74, 6) is -0.336. The molecule has 1 aromatic rings. The highest BCUT2D eigenvalue weighted by Gasteiger charge is 2.24. The zero-order valence-electron chi connectivity index (χ0n) is 14.0. The Morgan fingerprint density at radius 1 is 1.22 bits per heavy atom. The van der Waals surface area contributed by atoms with Crippen LogP contribution in [0.3, 0.4) is 0 Å². The zero-order valence-corrected chi connectivity index (χ0v) is 14.0. The molecular weight excluding hydrogens is 294 g/mol. The quantitative estimate of drug-likeness (QED) is 0.864. The molecule has 1 aliphatic rings. The first kappa shape index (κ1) is 17.1. The Balaban J connectivity index is 2.00. The summed E-state index contributed by atoms with van der Waals surface area (Å²) in [6, 6.07) is 7.58. The van der Waals surface area contributed by atoms with Gasteiger partial charge in [-0.05, 0) is 25.5 Å². The van der Waals surface area contributed by atoms with Gasteiger partial charge in [-0.15, -0.1) is 0 Å². The number of piperazine rings is 1. The van der Waals surface area contributed by atoms with E-state index < -0.39 is 0 Å². The lowest BCUT2D eigenvalue weighted by atomic mass is 10.1. The highest BCUT2D eigenvalue weighted by molar-refractivity contribution is 5.95. The van der Waals surface area contributed by atoms with Crippen molar-refractivity contribution in [3.8, 4) is 0 Å². The van der Waals surface area contributed by atoms with E-state index in [1.54, 1.807) is 6.07 Å². The number of rotatable bonds is 4. The molecule has 1 N–H and O–H groups in total. The van der Waals surface area contributed by atoms with E-state index >= 15 is 0 Å². The summed E-state index contributed by atoms with van der Waals surface area (Å²) in [5, 5.41) is 2.99. The summed E-state index contributed by atoms with van der Waals surface area (Å²) in [7, 11) is 1.39. The average Bonchev–Trinajstić information content (AvgIpc) is 2.61. The van der Waals surface area contributed by atoms with Gasteiger partial charge >= 0.3 is 12.0 Å². The molecule has 0 radical (unpaired) electrons. The van der Waals surface area contributed by atoms with Crippen molar-refractivity contribution in [2.75, 3.05) is 38.2 Å². The van der Waals surface area contributed by atoms with E-state index in [-0.39, 0.29) is 18.0 Å². The summed E-state index contributed by atoms with van der Waals surface area (Å²) in [6.07, 6.45) is 0.915. The van der Waals surface area contributed by atoms with Gasteiger partial charge in [0.2, 0.25) is 0 Å². The van der Waals surface area contributed by atoms with E-state index in [0.717, 1.165) is 12.1 Å². The molecule has 1 unspecified atom stereocenters. The summed E-state index contributed by atoms with van der Waals surface area (Å²) in [5.41, 5.74) is 1.42. The largest absolute Gasteiger partial charge is 0.465 e. The van der Waals surface area contributed by atoms with Crippen LogP contribution in [0.15, 0.2) is 24.3 Å². The minimum atomic E-state index is -0.336. The normalized spacial score (nSPS) is 16.0. The second kappa shape index (κ2) is 7.85. The number of nitrogens with one attached hydrogen (secondary N) is 1. The summed E-state index contributed by atoms with van der Waals surface area (Å²) in [4.78, 5) is 28.0. The molecular formula is C17H25N3O3. The highest BCUT2D eigenvalue weighted by atomic mass is 16.5. The fraction of sp³-hybridized carbons (Fsp3) is 0.529. The Bertz CT molecular complexity index is 554. The number of ether oxygens (including phenoxy) is 1. The number of amides is 2. The van der Waals surface area contributed by atoms with Gasteiger partial charge < -0.3 is 19.9 Å². The minimum absolute atomic E-state index is 0.0137. The van der Waals surface area contributed by atoms with Gasteiger partial charge in [0.1, 0.15) is 0 Å². The van der Waals surface area contributed by atoms with E-state index in [1.807, 2.05) is 36.9 Å². The number of hydrogen-bond acceptors (Lipinski definition) is 4. The van der Waals surface area contributed by atoms with Crippen molar-refractivity contribution in [3.05, 3.63) is 29.8 Å². The molecule has 1 aromatic carbocycles. The van der Waals surface area contributed by atoms with E-state index in [1.165, 1.54) is 7.11 Å². The van der Waals surface area contributed by atoms with Crippen molar-refractivity contribution in [2.24, 2.45) is 0 Å². The van der Waals surface area contributed by atoms with Gasteiger partial charge in [0.05, 0.1) is 18.4 Å². The van der Waals surface area contributed by atoms with Crippen LogP contribution in [0.2, 0.25) is 0 Å². The van der Waals surface area contributed by atoms with E-state index in [0.29, 0.717) is 31.7 Å². The van der Waals surface area contributed by atoms with Crippen LogP contribution in [-0.2, 0) is 4.74 Å². The topological polar surface area (TPSA) is 61.9 Å². The van der Waals surface area contributed by atoms with Crippen LogP contribution in [0.4, 0.5) is 10.5 Å². The van der Waals surface area contributed by atoms with Gasteiger partial charge in [-0.3, -0.25) is 0 Å². The first-order valence-corrected chi connectivity index (χ1v) is 8.04. The SMILES string of the molecule is CCC(C)NC(=O)N1CCN(c2ccccc2C(=O)OC)CC1. The molecule has 0 bridgehead atoms. The minimum Gasteiger partial charge on any atom is -0.465 e. The maximum absolute atomic E-state index is 12.2. The lowest BCUT2D eigenvalue weighted by Gasteiger charge is -2.37. The standard InChI is InChI=1S/C17H25N3O3/c1-4-13(2)18-17(22)20-11-9-19(10-12-20)15-8-6-5-7-14(15)16(21)23-3/h5-8,13H,4,9-12H2,1-3H3,(H,18,22). The van der Waals surface area contributed by atoms with Gasteiger partial charge in [0.25, 0.3) is 0 Å². The molecule has 2 amide bonds. The molecule has 1 atom stereocenters. The number of anilines is 1. The van der Waals surface area contributed by atoms with Crippen LogP contribution in [0.25, 0.3) is 0 Å². The number of hydrogen-bond donors (Lipinski definition) is 1. The Morgan fingerprint density at radius 3 is 2.48 bits per heavy atom. The van der Waals surface area contributed by atoms with Gasteiger partial charge in [0.15, 0.2) is 0 Å². The van der Waals surface area contributed by atoms with Gasteiger partial charge in [-0.25, -0.2) is 9.59 Å². The number of esters is 1. The third kappa shape index (κ3) is 4.15. The number of benzene rings is 1. The third-order valence-corrected chi connectivity index (χ3v) is 4.20. The molecule has 1 aliphatic heterocycles. The van der Waals surface area contributed by atoms with Crippen molar-refractivity contribution in [1.82, 2.24) is 10.2 Å². The van der Waals surface area contributed by atoms with E-state index in [9.17, 15) is 9.59 Å². The molecule has 6 heteroatoms. The number of methoxy groups -OCH3 is 1. The van der Waals surface area contributed by atoms with Crippen molar-refractivity contribution in [2.45, 2.75) is 26.3 Å². The van der Waals surface area contributed by atoms with Crippen molar-refractivity contribution >= 4 is 17.7 Å². The van der Waals surface area contributed by atoms with Crippen LogP contribution < -0.4 is 10.2 Å². The van der Waals surface area contributed by atoms with Crippen molar-refractivity contribution in [3.63, 3.8) is 0 Å². The molecule has 126 valence electrons. The number of para-hydroxylation sites is 1. The molecule has 1 fully saturated rings. The maximum atomic E-state index is 12.2. The van der Waals surface area contributed by atoms with E-state index in [2.05, 4.69) is 10.2 Å². The molecule has 6 nitrogen and oxygen atoms in total. The summed E-state index contributed by atoms with van der Waals surface area (Å²) in [6.45, 7) is 6.72. The predicted molar refractivity (Wildman–Crippen MR) is 89.9 cm³/mol. The van der Waals surface area contributed by atoms with Crippen LogP contribution in [0.5, 0.6) is 0 Å². The zero-order chi connectivity index (χ0) is 16.8. The van der Waals surface area contributed by atoms with Crippen LogP contribution >= 0.6 is 0 Å². The molecule has 0 spiro atoms. The maximum Gasteiger partial charge on any atom is 0.339 e. The number of nitrogens with zero attached hydrogens (tertiary/aromatic N) is 2. The molecule has 2 rings (SSSR count). The van der Waals surface area contributed by atoms with E-state index in [4.69, 9.17) is 4.74 Å². The average molecular weight is 319 g/mol. The summed E-state index contributed by atoms with van der Waals surface area (Å²) >= 11 is 0. The monoisotopic (exact) mass is 319 g/mol. The first-order valence-electron chi connectivity index (χ1n) is 8.04. The Hall–Kier alpha value is -2.24. The number of carbonyl (C=O) groups excluding carboxylic acids is 2. The molecule has 1 saturated heterocycles. The first-order chi connectivity index (χ1) is 11.1. The molecule has 0 saturated carbocycles. The van der Waals surface area contributed by atoms with Gasteiger partial charge in [-0.1, -0.05) is 19.1 Å². The van der Waals surface area contributed by atoms with Crippen molar-refractivity contribution in [1.29, 1.82) is 0 Å². The van der Waals surface area contributed by atoms with Crippen molar-refractivity contribution < 1.29 is 14.3 Å². The fourth-order valence-electron chi connectivity index (χ4n) is 2.59. The third-order valence-electron chi connectivity index (χ3n) is 4.20. The van der Waals surface area contributed by atoms with Crippen LogP contribution in [0, 0.1) is 0 Å².